The first-order valence-corrected chi connectivity index (χ1v) is 6.14. The van der Waals surface area contributed by atoms with Crippen molar-refractivity contribution in [3.05, 3.63) is 35.4 Å². The summed E-state index contributed by atoms with van der Waals surface area (Å²) in [6.45, 7) is 2.68. The first-order chi connectivity index (χ1) is 7.18. The molecule has 0 saturated carbocycles. The highest BCUT2D eigenvalue weighted by molar-refractivity contribution is 7.76. The zero-order valence-electron chi connectivity index (χ0n) is 8.68. The van der Waals surface area contributed by atoms with Gasteiger partial charge < -0.3 is 4.55 Å². The van der Waals surface area contributed by atoms with E-state index in [1.165, 1.54) is 9.87 Å². The van der Waals surface area contributed by atoms with Gasteiger partial charge in [-0.15, -0.1) is 0 Å². The van der Waals surface area contributed by atoms with E-state index in [4.69, 9.17) is 0 Å². The summed E-state index contributed by atoms with van der Waals surface area (Å²) in [7, 11) is 0. The average Bonchev–Trinajstić information content (AvgIpc) is 2.67. The zero-order valence-corrected chi connectivity index (χ0v) is 9.50. The largest absolute Gasteiger partial charge is 0.760 e. The normalized spacial score (nSPS) is 24.3. The lowest BCUT2D eigenvalue weighted by atomic mass is 10.0. The Bertz CT molecular complexity index is 363. The van der Waals surface area contributed by atoms with Crippen LogP contribution in [-0.4, -0.2) is 19.6 Å². The van der Waals surface area contributed by atoms with E-state index >= 15 is 0 Å². The van der Waals surface area contributed by atoms with E-state index in [0.717, 1.165) is 18.4 Å². The molecule has 0 radical (unpaired) electrons. The highest BCUT2D eigenvalue weighted by Crippen LogP contribution is 2.32. The van der Waals surface area contributed by atoms with Gasteiger partial charge in [-0.05, 0) is 25.3 Å². The van der Waals surface area contributed by atoms with Crippen LogP contribution in [0.25, 0.3) is 0 Å². The van der Waals surface area contributed by atoms with Crippen molar-refractivity contribution in [2.24, 2.45) is 0 Å². The van der Waals surface area contributed by atoms with Crippen LogP contribution in [0.4, 0.5) is 0 Å². The Morgan fingerprint density at radius 3 is 2.67 bits per heavy atom. The van der Waals surface area contributed by atoms with Crippen LogP contribution in [0.1, 0.15) is 30.0 Å². The highest BCUT2D eigenvalue weighted by Gasteiger charge is 2.26. The lowest BCUT2D eigenvalue weighted by Crippen LogP contribution is -2.25. The lowest BCUT2D eigenvalue weighted by Gasteiger charge is -2.26. The Kier molecular flexibility index (Phi) is 3.19. The van der Waals surface area contributed by atoms with Crippen molar-refractivity contribution in [1.29, 1.82) is 0 Å². The highest BCUT2D eigenvalue weighted by atomic mass is 32.2. The van der Waals surface area contributed by atoms with Gasteiger partial charge in [-0.2, -0.15) is 0 Å². The van der Waals surface area contributed by atoms with Crippen LogP contribution in [-0.2, 0) is 11.3 Å². The molecule has 2 rings (SSSR count). The van der Waals surface area contributed by atoms with E-state index in [1.807, 2.05) is 31.2 Å². The summed E-state index contributed by atoms with van der Waals surface area (Å²) in [5.74, 6) is 0. The molecule has 82 valence electrons. The molecule has 1 saturated heterocycles. The number of benzene rings is 1. The summed E-state index contributed by atoms with van der Waals surface area (Å²) >= 11 is -2.09. The summed E-state index contributed by atoms with van der Waals surface area (Å²) in [6, 6.07) is 8.14. The van der Waals surface area contributed by atoms with E-state index in [2.05, 4.69) is 0 Å². The fraction of sp³-hybridized carbons (Fsp3) is 0.455. The second-order valence-corrected chi connectivity index (χ2v) is 4.83. The SMILES string of the molecule is Cc1ccc(C2CCCN2S(=O)[O-])cc1. The molecule has 1 aromatic carbocycles. The minimum absolute atomic E-state index is 0.0453. The molecule has 2 unspecified atom stereocenters. The molecule has 0 aromatic heterocycles. The Hall–Kier alpha value is -0.710. The van der Waals surface area contributed by atoms with Gasteiger partial charge in [0.05, 0.1) is 0 Å². The van der Waals surface area contributed by atoms with Crippen molar-refractivity contribution < 1.29 is 8.76 Å². The molecule has 0 bridgehead atoms. The maximum atomic E-state index is 11.0. The van der Waals surface area contributed by atoms with Gasteiger partial charge in [0, 0.05) is 23.9 Å². The van der Waals surface area contributed by atoms with Gasteiger partial charge in [-0.3, -0.25) is 4.21 Å². The van der Waals surface area contributed by atoms with Crippen molar-refractivity contribution in [2.75, 3.05) is 6.54 Å². The van der Waals surface area contributed by atoms with E-state index in [9.17, 15) is 8.76 Å². The molecule has 1 aliphatic heterocycles. The molecule has 0 aliphatic carbocycles. The predicted molar refractivity (Wildman–Crippen MR) is 58.8 cm³/mol. The predicted octanol–water partition coefficient (Wildman–Crippen LogP) is 1.93. The number of nitrogens with zero attached hydrogens (tertiary/aromatic N) is 1. The molecule has 0 amide bonds. The van der Waals surface area contributed by atoms with Crippen molar-refractivity contribution in [3.63, 3.8) is 0 Å². The number of hydrogen-bond donors (Lipinski definition) is 0. The summed E-state index contributed by atoms with van der Waals surface area (Å²) < 4.78 is 23.5. The molecule has 2 atom stereocenters. The summed E-state index contributed by atoms with van der Waals surface area (Å²) in [5.41, 5.74) is 2.30. The second-order valence-electron chi connectivity index (χ2n) is 3.93. The van der Waals surface area contributed by atoms with Gasteiger partial charge in [-0.1, -0.05) is 29.8 Å². The van der Waals surface area contributed by atoms with E-state index in [0.29, 0.717) is 6.54 Å². The Labute approximate surface area is 92.5 Å². The maximum absolute atomic E-state index is 11.0. The molecular formula is C11H14NO2S-. The van der Waals surface area contributed by atoms with Crippen LogP contribution >= 0.6 is 0 Å². The molecular weight excluding hydrogens is 210 g/mol. The van der Waals surface area contributed by atoms with Crippen molar-refractivity contribution in [1.82, 2.24) is 4.31 Å². The van der Waals surface area contributed by atoms with Gasteiger partial charge in [0.25, 0.3) is 0 Å². The Balaban J connectivity index is 2.22. The van der Waals surface area contributed by atoms with Crippen LogP contribution in [0.15, 0.2) is 24.3 Å². The van der Waals surface area contributed by atoms with E-state index < -0.39 is 11.3 Å². The molecule has 1 aliphatic rings. The molecule has 1 fully saturated rings. The van der Waals surface area contributed by atoms with Crippen LogP contribution in [0.3, 0.4) is 0 Å². The molecule has 0 spiro atoms. The smallest absolute Gasteiger partial charge is 0.0465 e. The third-order valence-electron chi connectivity index (χ3n) is 2.86. The van der Waals surface area contributed by atoms with Crippen molar-refractivity contribution in [2.45, 2.75) is 25.8 Å². The van der Waals surface area contributed by atoms with Gasteiger partial charge in [-0.25, -0.2) is 4.31 Å². The molecule has 15 heavy (non-hydrogen) atoms. The number of rotatable bonds is 2. The van der Waals surface area contributed by atoms with E-state index in [-0.39, 0.29) is 6.04 Å². The standard InChI is InChI=1S/C11H15NO2S/c1-9-4-6-10(7-5-9)11-3-2-8-12(11)15(13)14/h4-7,11H,2-3,8H2,1H3,(H,13,14)/p-1. The Morgan fingerprint density at radius 1 is 1.40 bits per heavy atom. The quantitative estimate of drug-likeness (QED) is 0.720. The summed E-state index contributed by atoms with van der Waals surface area (Å²) in [5, 5.41) is 0. The maximum Gasteiger partial charge on any atom is 0.0465 e. The average molecular weight is 224 g/mol. The minimum Gasteiger partial charge on any atom is -0.760 e. The zero-order chi connectivity index (χ0) is 10.8. The van der Waals surface area contributed by atoms with Crippen LogP contribution in [0.2, 0.25) is 0 Å². The molecule has 3 nitrogen and oxygen atoms in total. The van der Waals surface area contributed by atoms with Crippen molar-refractivity contribution in [3.8, 4) is 0 Å². The summed E-state index contributed by atoms with van der Waals surface area (Å²) in [4.78, 5) is 0. The lowest BCUT2D eigenvalue weighted by molar-refractivity contribution is 0.375. The van der Waals surface area contributed by atoms with Gasteiger partial charge >= 0.3 is 0 Å². The topological polar surface area (TPSA) is 43.4 Å². The molecule has 1 heterocycles. The fourth-order valence-corrected chi connectivity index (χ4v) is 2.75. The fourth-order valence-electron chi connectivity index (χ4n) is 2.04. The molecule has 1 aromatic rings. The van der Waals surface area contributed by atoms with Crippen LogP contribution in [0.5, 0.6) is 0 Å². The first kappa shape index (κ1) is 10.8. The third-order valence-corrected chi connectivity index (χ3v) is 3.68. The minimum atomic E-state index is -2.09. The van der Waals surface area contributed by atoms with Crippen molar-refractivity contribution >= 4 is 11.3 Å². The van der Waals surface area contributed by atoms with Gasteiger partial charge in [0.15, 0.2) is 0 Å². The first-order valence-electron chi connectivity index (χ1n) is 5.11. The number of aryl methyl sites for hydroxylation is 1. The van der Waals surface area contributed by atoms with Crippen LogP contribution < -0.4 is 0 Å². The Morgan fingerprint density at radius 2 is 2.07 bits per heavy atom. The summed E-state index contributed by atoms with van der Waals surface area (Å²) in [6.07, 6.45) is 1.88. The monoisotopic (exact) mass is 224 g/mol. The number of hydrogen-bond acceptors (Lipinski definition) is 2. The van der Waals surface area contributed by atoms with Gasteiger partial charge in [0.1, 0.15) is 0 Å². The van der Waals surface area contributed by atoms with E-state index in [1.54, 1.807) is 0 Å². The second kappa shape index (κ2) is 4.43. The van der Waals surface area contributed by atoms with Gasteiger partial charge in [0.2, 0.25) is 0 Å². The molecule has 4 heteroatoms. The molecule has 0 N–H and O–H groups in total. The van der Waals surface area contributed by atoms with Crippen LogP contribution in [0, 0.1) is 6.92 Å². The third kappa shape index (κ3) is 2.27.